The fraction of sp³-hybridized carbons (Fsp3) is 0.111. The zero-order valence-corrected chi connectivity index (χ0v) is 20.3. The lowest BCUT2D eigenvalue weighted by Crippen LogP contribution is -2.20. The van der Waals surface area contributed by atoms with E-state index in [1.54, 1.807) is 6.92 Å². The van der Waals surface area contributed by atoms with Crippen LogP contribution in [0.1, 0.15) is 18.9 Å². The maximum atomic E-state index is 11.9. The van der Waals surface area contributed by atoms with Gasteiger partial charge in [-0.05, 0) is 35.0 Å². The first-order chi connectivity index (χ1) is 17.3. The van der Waals surface area contributed by atoms with Gasteiger partial charge in [-0.25, -0.2) is 4.79 Å². The number of benzene rings is 4. The van der Waals surface area contributed by atoms with E-state index in [-0.39, 0.29) is 23.3 Å². The lowest BCUT2D eigenvalue weighted by atomic mass is 10.0. The fourth-order valence-corrected chi connectivity index (χ4v) is 5.47. The van der Waals surface area contributed by atoms with E-state index in [2.05, 4.69) is 78.0 Å². The maximum absolute atomic E-state index is 11.9. The number of hydrogen-bond donors (Lipinski definition) is 0. The molecule has 0 unspecified atom stereocenters. The van der Waals surface area contributed by atoms with Crippen molar-refractivity contribution in [1.29, 1.82) is 0 Å². The first-order valence-corrected chi connectivity index (χ1v) is 12.6. The van der Waals surface area contributed by atoms with Crippen LogP contribution in [0.4, 0.5) is 17.3 Å². The van der Waals surface area contributed by atoms with E-state index in [9.17, 15) is 22.1 Å². The summed E-state index contributed by atoms with van der Waals surface area (Å²) in [6.07, 6.45) is 0.287. The van der Waals surface area contributed by atoms with Crippen molar-refractivity contribution in [2.24, 2.45) is 5.16 Å². The van der Waals surface area contributed by atoms with Crippen molar-refractivity contribution in [3.8, 4) is 0 Å². The third-order valence-electron chi connectivity index (χ3n) is 4.98. The Morgan fingerprint density at radius 1 is 0.778 bits per heavy atom. The Balaban J connectivity index is 0.000000658. The topological polar surface area (TPSA) is 38.7 Å². The second kappa shape index (κ2) is 12.9. The van der Waals surface area contributed by atoms with Crippen LogP contribution in [0.2, 0.25) is 0 Å². The summed E-state index contributed by atoms with van der Waals surface area (Å²) < 4.78 is 39.0. The smallest absolute Gasteiger partial charge is 0.418 e. The minimum Gasteiger partial charge on any atom is -0.418 e. The van der Waals surface area contributed by atoms with E-state index >= 15 is 0 Å². The Morgan fingerprint density at radius 2 is 1.28 bits per heavy atom. The van der Waals surface area contributed by atoms with Gasteiger partial charge in [-0.3, -0.25) is 0 Å². The summed E-state index contributed by atoms with van der Waals surface area (Å²) in [5, 5.41) is 6.61. The normalized spacial score (nSPS) is 11.7. The molecule has 186 valence electrons. The minimum absolute atomic E-state index is 0.263. The van der Waals surface area contributed by atoms with Crippen LogP contribution in [0.25, 0.3) is 10.8 Å². The van der Waals surface area contributed by atoms with Gasteiger partial charge in [0.1, 0.15) is 5.71 Å². The molecule has 4 aromatic carbocycles. The molecule has 0 bridgehead atoms. The number of halogens is 4. The highest BCUT2D eigenvalue weighted by Crippen LogP contribution is 2.27. The zero-order chi connectivity index (χ0) is 26.0. The lowest BCUT2D eigenvalue weighted by molar-refractivity contribution is -0.143. The highest BCUT2D eigenvalue weighted by molar-refractivity contribution is 7.97. The van der Waals surface area contributed by atoms with Crippen LogP contribution in [-0.4, -0.2) is 24.7 Å². The quantitative estimate of drug-likeness (QED) is 0.0640. The van der Waals surface area contributed by atoms with E-state index in [1.807, 2.05) is 30.3 Å². The second-order valence-electron chi connectivity index (χ2n) is 7.54. The Kier molecular flexibility index (Phi) is 9.70. The summed E-state index contributed by atoms with van der Waals surface area (Å²) in [5.74, 6) is 0.302. The first kappa shape index (κ1) is 27.0. The highest BCUT2D eigenvalue weighted by atomic mass is 32.2. The molecule has 0 fully saturated rings. The van der Waals surface area contributed by atoms with Gasteiger partial charge in [0.2, 0.25) is 0 Å². The van der Waals surface area contributed by atoms with Gasteiger partial charge < -0.3 is 22.1 Å². The molecular formula is C27H24BF4NO2S. The molecule has 9 heteroatoms. The van der Waals surface area contributed by atoms with Crippen LogP contribution in [0.3, 0.4) is 0 Å². The summed E-state index contributed by atoms with van der Waals surface area (Å²) in [5.41, 5.74) is 1.76. The molecule has 0 aliphatic rings. The SMILES string of the molecule is CCC(=O)ON=C(C[S+](c1ccccc1)c1ccccc1)c1cccc2ccccc12.F[B-](F)(F)F. The Bertz CT molecular complexity index is 1250. The number of oxime groups is 1. The molecule has 4 rings (SSSR count). The van der Waals surface area contributed by atoms with Crippen LogP contribution >= 0.6 is 0 Å². The standard InChI is InChI=1S/C27H24NO2S.BF4/c1-2-27(29)30-28-26(25-19-11-13-21-12-9-10-18-24(21)25)20-31(22-14-5-3-6-15-22)23-16-7-4-8-17-23;2-1(3,4)5/h3-19H,2,20H2,1H3;/q+1;-1. The van der Waals surface area contributed by atoms with Crippen LogP contribution in [0.15, 0.2) is 118 Å². The van der Waals surface area contributed by atoms with Crippen LogP contribution in [-0.2, 0) is 20.5 Å². The predicted octanol–water partition coefficient (Wildman–Crippen LogP) is 7.53. The van der Waals surface area contributed by atoms with Crippen LogP contribution in [0, 0.1) is 0 Å². The van der Waals surface area contributed by atoms with Gasteiger partial charge in [-0.1, -0.05) is 90.9 Å². The van der Waals surface area contributed by atoms with Crippen molar-refractivity contribution in [2.45, 2.75) is 23.1 Å². The maximum Gasteiger partial charge on any atom is 0.673 e. The molecule has 0 atom stereocenters. The monoisotopic (exact) mass is 513 g/mol. The van der Waals surface area contributed by atoms with E-state index in [0.717, 1.165) is 22.0 Å². The molecule has 36 heavy (non-hydrogen) atoms. The molecule has 0 aliphatic carbocycles. The van der Waals surface area contributed by atoms with Gasteiger partial charge in [0, 0.05) is 12.0 Å². The number of hydrogen-bond acceptors (Lipinski definition) is 3. The van der Waals surface area contributed by atoms with Gasteiger partial charge in [-0.15, -0.1) is 0 Å². The van der Waals surface area contributed by atoms with E-state index in [1.165, 1.54) is 9.79 Å². The number of rotatable bonds is 7. The first-order valence-electron chi connectivity index (χ1n) is 11.2. The van der Waals surface area contributed by atoms with Crippen molar-refractivity contribution >= 4 is 40.6 Å². The molecular weight excluding hydrogens is 489 g/mol. The Hall–Kier alpha value is -3.59. The second-order valence-corrected chi connectivity index (χ2v) is 9.55. The molecule has 4 aromatic rings. The molecule has 0 saturated heterocycles. The highest BCUT2D eigenvalue weighted by Gasteiger charge is 2.29. The zero-order valence-electron chi connectivity index (χ0n) is 19.5. The average molecular weight is 513 g/mol. The van der Waals surface area contributed by atoms with Crippen molar-refractivity contribution in [3.63, 3.8) is 0 Å². The van der Waals surface area contributed by atoms with E-state index in [4.69, 9.17) is 4.84 Å². The van der Waals surface area contributed by atoms with Crippen molar-refractivity contribution in [2.75, 3.05) is 5.75 Å². The molecule has 0 saturated carbocycles. The molecule has 0 aromatic heterocycles. The van der Waals surface area contributed by atoms with Gasteiger partial charge in [0.25, 0.3) is 0 Å². The average Bonchev–Trinajstić information content (AvgIpc) is 2.88. The number of carbonyl (C=O) groups is 1. The fourth-order valence-electron chi connectivity index (χ4n) is 3.41. The van der Waals surface area contributed by atoms with Gasteiger partial charge in [0.05, 0.1) is 10.9 Å². The van der Waals surface area contributed by atoms with Crippen molar-refractivity contribution < 1.29 is 26.9 Å². The van der Waals surface area contributed by atoms with E-state index < -0.39 is 7.25 Å². The van der Waals surface area contributed by atoms with Crippen LogP contribution in [0.5, 0.6) is 0 Å². The number of fused-ring (bicyclic) bond motifs is 1. The molecule has 0 N–H and O–H groups in total. The largest absolute Gasteiger partial charge is 0.673 e. The van der Waals surface area contributed by atoms with Gasteiger partial charge >= 0.3 is 13.2 Å². The molecule has 3 nitrogen and oxygen atoms in total. The van der Waals surface area contributed by atoms with Crippen molar-refractivity contribution in [3.05, 3.63) is 109 Å². The van der Waals surface area contributed by atoms with Gasteiger partial charge in [-0.2, -0.15) is 0 Å². The van der Waals surface area contributed by atoms with E-state index in [0.29, 0.717) is 5.75 Å². The number of carbonyl (C=O) groups excluding carboxylic acids is 1. The molecule has 0 heterocycles. The molecule has 0 spiro atoms. The minimum atomic E-state index is -6.00. The van der Waals surface area contributed by atoms with Gasteiger partial charge in [0.15, 0.2) is 15.5 Å². The summed E-state index contributed by atoms with van der Waals surface area (Å²) in [6, 6.07) is 35.3. The summed E-state index contributed by atoms with van der Waals surface area (Å²) in [6.45, 7) is 1.77. The summed E-state index contributed by atoms with van der Waals surface area (Å²) in [4.78, 5) is 19.6. The van der Waals surface area contributed by atoms with Crippen molar-refractivity contribution in [1.82, 2.24) is 0 Å². The summed E-state index contributed by atoms with van der Waals surface area (Å²) >= 11 is 0. The third-order valence-corrected chi connectivity index (χ3v) is 7.23. The molecule has 0 aliphatic heterocycles. The predicted molar refractivity (Wildman–Crippen MR) is 139 cm³/mol. The molecule has 0 amide bonds. The van der Waals surface area contributed by atoms with Crippen LogP contribution < -0.4 is 0 Å². The third kappa shape index (κ3) is 8.27. The Labute approximate surface area is 210 Å². The Morgan fingerprint density at radius 3 is 1.83 bits per heavy atom. The summed E-state index contributed by atoms with van der Waals surface area (Å²) in [7, 11) is -6.26. The number of nitrogens with zero attached hydrogens (tertiary/aromatic N) is 1. The lowest BCUT2D eigenvalue weighted by Gasteiger charge is -2.12. The molecule has 0 radical (unpaired) electrons.